The van der Waals surface area contributed by atoms with Crippen LogP contribution < -0.4 is 0 Å². The lowest BCUT2D eigenvalue weighted by Crippen LogP contribution is -2.60. The molecule has 0 spiro atoms. The molecule has 0 aromatic rings. The molecule has 0 aliphatic carbocycles. The normalized spacial score (nSPS) is 15.5. The van der Waals surface area contributed by atoms with E-state index in [9.17, 15) is 13.2 Å². The van der Waals surface area contributed by atoms with Crippen LogP contribution in [0.25, 0.3) is 0 Å². The summed E-state index contributed by atoms with van der Waals surface area (Å²) in [4.78, 5) is 0. The van der Waals surface area contributed by atoms with Gasteiger partial charge in [0, 0.05) is 0 Å². The first kappa shape index (κ1) is 14.6. The van der Waals surface area contributed by atoms with Crippen LogP contribution in [-0.2, 0) is 0 Å². The lowest BCUT2D eigenvalue weighted by Gasteiger charge is -2.40. The van der Waals surface area contributed by atoms with Crippen LogP contribution in [0.2, 0.25) is 11.1 Å². The molecule has 1 radical (unpaired) electrons. The highest BCUT2D eigenvalue weighted by Crippen LogP contribution is 2.45. The van der Waals surface area contributed by atoms with E-state index in [0.29, 0.717) is 0 Å². The summed E-state index contributed by atoms with van der Waals surface area (Å²) in [6, 6.07) is 0. The molecule has 0 heterocycles. The predicted molar refractivity (Wildman–Crippen MR) is 58.6 cm³/mol. The fraction of sp³-hybridized carbons (Fsp3) is 0.818. The molecule has 0 aromatic carbocycles. The molecule has 4 heteroatoms. The molecule has 0 N–H and O–H groups in total. The summed E-state index contributed by atoms with van der Waals surface area (Å²) >= 11 is 0. The Labute approximate surface area is 91.3 Å². The van der Waals surface area contributed by atoms with Crippen LogP contribution in [0.1, 0.15) is 34.6 Å². The van der Waals surface area contributed by atoms with Gasteiger partial charge < -0.3 is 0 Å². The molecule has 0 aliphatic rings. The van der Waals surface area contributed by atoms with E-state index < -0.39 is 30.9 Å². The first-order chi connectivity index (χ1) is 6.64. The van der Waals surface area contributed by atoms with Crippen molar-refractivity contribution >= 4 is 8.07 Å². The fourth-order valence-corrected chi connectivity index (χ4v) is 6.41. The number of halogens is 3. The molecular weight excluding hydrogens is 217 g/mol. The molecule has 15 heavy (non-hydrogen) atoms. The molecule has 0 amide bonds. The van der Waals surface area contributed by atoms with Crippen LogP contribution in [0.5, 0.6) is 0 Å². The summed E-state index contributed by atoms with van der Waals surface area (Å²) in [5, 5.41) is 0. The van der Waals surface area contributed by atoms with E-state index in [1.165, 1.54) is 0 Å². The molecule has 0 aliphatic heterocycles. The number of rotatable bonds is 4. The maximum Gasteiger partial charge on any atom is 0.273 e. The molecule has 0 saturated heterocycles. The Morgan fingerprint density at radius 3 is 1.47 bits per heavy atom. The molecule has 1 unspecified atom stereocenters. The Morgan fingerprint density at radius 2 is 1.40 bits per heavy atom. The molecule has 0 aromatic heterocycles. The van der Waals surface area contributed by atoms with Gasteiger partial charge in [0.15, 0.2) is 6.17 Å². The highest BCUT2D eigenvalue weighted by molar-refractivity contribution is 6.91. The maximum atomic E-state index is 13.9. The average Bonchev–Trinajstić information content (AvgIpc) is 2.03. The molecule has 1 atom stereocenters. The van der Waals surface area contributed by atoms with Gasteiger partial charge in [0.05, 0.1) is 0 Å². The van der Waals surface area contributed by atoms with Gasteiger partial charge in [-0.25, -0.2) is 13.2 Å². The Bertz CT molecular complexity index is 243. The summed E-state index contributed by atoms with van der Waals surface area (Å²) in [7, 11) is -3.51. The Balaban J connectivity index is 5.58. The van der Waals surface area contributed by atoms with E-state index in [4.69, 9.17) is 6.42 Å². The quantitative estimate of drug-likeness (QED) is 0.512. The van der Waals surface area contributed by atoms with Crippen molar-refractivity contribution in [1.29, 1.82) is 0 Å². The molecule has 0 nitrogen and oxygen atoms in total. The van der Waals surface area contributed by atoms with Gasteiger partial charge in [-0.2, -0.15) is 0 Å². The molecule has 87 valence electrons. The second kappa shape index (κ2) is 4.61. The number of hydrogen-bond donors (Lipinski definition) is 0. The average molecular weight is 235 g/mol. The Hall–Kier alpha value is -0.433. The lowest BCUT2D eigenvalue weighted by molar-refractivity contribution is 0.00118. The lowest BCUT2D eigenvalue weighted by atomic mass is 10.4. The van der Waals surface area contributed by atoms with Crippen LogP contribution in [0, 0.1) is 12.0 Å². The van der Waals surface area contributed by atoms with Crippen molar-refractivity contribution in [1.82, 2.24) is 0 Å². The van der Waals surface area contributed by atoms with Gasteiger partial charge in [0.2, 0.25) is 8.07 Å². The SMILES string of the molecule is [C]#C[Si](C(C)C)(C(C)C)C(F)(F)C(C)F. The molecule has 0 rings (SSSR count). The summed E-state index contributed by atoms with van der Waals surface area (Å²) in [6.45, 7) is 7.38. The summed E-state index contributed by atoms with van der Waals surface area (Å²) in [5.74, 6) is 0. The third-order valence-corrected chi connectivity index (χ3v) is 8.64. The van der Waals surface area contributed by atoms with Gasteiger partial charge in [-0.05, 0) is 24.4 Å². The van der Waals surface area contributed by atoms with E-state index in [2.05, 4.69) is 0 Å². The van der Waals surface area contributed by atoms with Crippen LogP contribution in [0.15, 0.2) is 0 Å². The van der Waals surface area contributed by atoms with Crippen molar-refractivity contribution in [2.45, 2.75) is 57.4 Å². The van der Waals surface area contributed by atoms with E-state index in [-0.39, 0.29) is 0 Å². The highest BCUT2D eigenvalue weighted by Gasteiger charge is 2.62. The van der Waals surface area contributed by atoms with Gasteiger partial charge in [-0.1, -0.05) is 27.7 Å². The topological polar surface area (TPSA) is 0 Å². The van der Waals surface area contributed by atoms with Gasteiger partial charge >= 0.3 is 0 Å². The molecule has 0 fully saturated rings. The third kappa shape index (κ3) is 2.08. The summed E-state index contributed by atoms with van der Waals surface area (Å²) < 4.78 is 40.8. The fourth-order valence-electron chi connectivity index (χ4n) is 2.14. The predicted octanol–water partition coefficient (Wildman–Crippen LogP) is 3.92. The zero-order valence-electron chi connectivity index (χ0n) is 9.87. The van der Waals surface area contributed by atoms with E-state index in [1.807, 2.05) is 5.54 Å². The van der Waals surface area contributed by atoms with Crippen LogP contribution >= 0.6 is 0 Å². The zero-order chi connectivity index (χ0) is 12.4. The monoisotopic (exact) mass is 235 g/mol. The van der Waals surface area contributed by atoms with Crippen LogP contribution in [0.4, 0.5) is 13.2 Å². The van der Waals surface area contributed by atoms with Gasteiger partial charge in [-0.3, -0.25) is 0 Å². The van der Waals surface area contributed by atoms with Crippen molar-refractivity contribution in [2.75, 3.05) is 0 Å². The van der Waals surface area contributed by atoms with E-state index >= 15 is 0 Å². The van der Waals surface area contributed by atoms with Crippen molar-refractivity contribution in [3.63, 3.8) is 0 Å². The van der Waals surface area contributed by atoms with Crippen molar-refractivity contribution in [3.05, 3.63) is 6.42 Å². The third-order valence-electron chi connectivity index (χ3n) is 3.08. The van der Waals surface area contributed by atoms with E-state index in [0.717, 1.165) is 6.92 Å². The second-order valence-electron chi connectivity index (χ2n) is 4.54. The number of hydrogen-bond acceptors (Lipinski definition) is 0. The van der Waals surface area contributed by atoms with Crippen LogP contribution in [0.3, 0.4) is 0 Å². The van der Waals surface area contributed by atoms with E-state index in [1.54, 1.807) is 27.7 Å². The largest absolute Gasteiger partial charge is 0.273 e. The Kier molecular flexibility index (Phi) is 4.47. The minimum absolute atomic E-state index is 0.400. The smallest absolute Gasteiger partial charge is 0.242 e. The Morgan fingerprint density at radius 1 is 1.07 bits per heavy atom. The highest BCUT2D eigenvalue weighted by atomic mass is 28.3. The van der Waals surface area contributed by atoms with Gasteiger partial charge in [-0.15, -0.1) is 5.54 Å². The minimum atomic E-state index is -3.51. The van der Waals surface area contributed by atoms with Crippen LogP contribution in [-0.4, -0.2) is 19.8 Å². The first-order valence-corrected chi connectivity index (χ1v) is 7.25. The van der Waals surface area contributed by atoms with Gasteiger partial charge in [0.25, 0.3) is 5.55 Å². The first-order valence-electron chi connectivity index (χ1n) is 5.10. The molecule has 0 bridgehead atoms. The standard InChI is InChI=1S/C11H18F3Si/c1-7-15(8(2)3,9(4)5)11(13,14)10(6)12/h8-10H,2-6H3. The summed E-state index contributed by atoms with van der Waals surface area (Å²) in [6.07, 6.45) is 4.97. The van der Waals surface area contributed by atoms with Crippen molar-refractivity contribution in [3.8, 4) is 5.54 Å². The number of alkyl halides is 3. The van der Waals surface area contributed by atoms with Crippen molar-refractivity contribution < 1.29 is 13.2 Å². The molecular formula is C11H18F3Si. The van der Waals surface area contributed by atoms with Gasteiger partial charge in [0.1, 0.15) is 0 Å². The minimum Gasteiger partial charge on any atom is -0.242 e. The zero-order valence-corrected chi connectivity index (χ0v) is 10.9. The maximum absolute atomic E-state index is 13.9. The summed E-state index contributed by atoms with van der Waals surface area (Å²) in [5.41, 5.74) is -2.18. The second-order valence-corrected chi connectivity index (χ2v) is 9.51. The van der Waals surface area contributed by atoms with Crippen molar-refractivity contribution in [2.24, 2.45) is 0 Å². The molecule has 0 saturated carbocycles.